The molecule has 0 amide bonds. The van der Waals surface area contributed by atoms with Crippen molar-refractivity contribution in [3.05, 3.63) is 53.0 Å². The molecule has 0 saturated heterocycles. The lowest BCUT2D eigenvalue weighted by Gasteiger charge is -2.06. The molecule has 4 nitrogen and oxygen atoms in total. The summed E-state index contributed by atoms with van der Waals surface area (Å²) in [7, 11) is 0. The Morgan fingerprint density at radius 3 is 2.48 bits per heavy atom. The van der Waals surface area contributed by atoms with Crippen LogP contribution in [0.5, 0.6) is 0 Å². The average Bonchev–Trinajstić information content (AvgIpc) is 2.92. The second-order valence-corrected chi connectivity index (χ2v) is 6.55. The van der Waals surface area contributed by atoms with E-state index < -0.39 is 0 Å². The Kier molecular flexibility index (Phi) is 4.34. The lowest BCUT2D eigenvalue weighted by atomic mass is 10.2. The van der Waals surface area contributed by atoms with Gasteiger partial charge in [0.1, 0.15) is 5.82 Å². The minimum absolute atomic E-state index is 0.272. The van der Waals surface area contributed by atoms with Crippen LogP contribution in [-0.2, 0) is 0 Å². The van der Waals surface area contributed by atoms with Gasteiger partial charge in [-0.05, 0) is 37.3 Å². The van der Waals surface area contributed by atoms with Crippen molar-refractivity contribution in [2.24, 2.45) is 0 Å². The molecule has 3 rings (SSSR count). The first kappa shape index (κ1) is 15.6. The third-order valence-corrected chi connectivity index (χ3v) is 4.78. The van der Waals surface area contributed by atoms with Crippen LogP contribution in [-0.4, -0.2) is 15.0 Å². The fourth-order valence-electron chi connectivity index (χ4n) is 2.11. The van der Waals surface area contributed by atoms with Crippen LogP contribution in [0, 0.1) is 12.7 Å². The minimum atomic E-state index is -0.272. The summed E-state index contributed by atoms with van der Waals surface area (Å²) >= 11 is 1.66. The number of halogens is 1. The van der Waals surface area contributed by atoms with E-state index in [0.717, 1.165) is 27.0 Å². The number of nitrogens with one attached hydrogen (secondary N) is 1. The van der Waals surface area contributed by atoms with Crippen molar-refractivity contribution in [1.29, 1.82) is 0 Å². The normalized spacial score (nSPS) is 11.0. The number of aryl methyl sites for hydroxylation is 1. The molecule has 0 saturated carbocycles. The number of nitrogens with zero attached hydrogens (tertiary/aromatic N) is 3. The quantitative estimate of drug-likeness (QED) is 0.739. The first-order valence-electron chi connectivity index (χ1n) is 7.36. The van der Waals surface area contributed by atoms with Gasteiger partial charge in [0, 0.05) is 17.8 Å². The molecule has 2 aromatic heterocycles. The fraction of sp³-hybridized carbons (Fsp3) is 0.235. The van der Waals surface area contributed by atoms with Gasteiger partial charge < -0.3 is 5.32 Å². The number of hydrogen-bond acceptors (Lipinski definition) is 5. The molecule has 6 heteroatoms. The van der Waals surface area contributed by atoms with Gasteiger partial charge in [-0.25, -0.2) is 19.3 Å². The molecule has 0 spiro atoms. The van der Waals surface area contributed by atoms with Crippen molar-refractivity contribution in [2.45, 2.75) is 26.7 Å². The lowest BCUT2D eigenvalue weighted by Crippen LogP contribution is -1.97. The predicted molar refractivity (Wildman–Crippen MR) is 91.6 cm³/mol. The monoisotopic (exact) mass is 328 g/mol. The van der Waals surface area contributed by atoms with Gasteiger partial charge in [-0.3, -0.25) is 0 Å². The van der Waals surface area contributed by atoms with E-state index in [2.05, 4.69) is 34.1 Å². The Morgan fingerprint density at radius 1 is 1.09 bits per heavy atom. The highest BCUT2D eigenvalue weighted by atomic mass is 32.1. The number of hydrogen-bond donors (Lipinski definition) is 1. The van der Waals surface area contributed by atoms with E-state index >= 15 is 0 Å². The van der Waals surface area contributed by atoms with Crippen molar-refractivity contribution in [1.82, 2.24) is 15.0 Å². The zero-order chi connectivity index (χ0) is 16.4. The van der Waals surface area contributed by atoms with E-state index in [4.69, 9.17) is 0 Å². The standard InChI is InChI=1S/C17H17FN4S/c1-10(2)16-20-11(3)15(23-16)14-8-9-19-17(22-14)21-13-6-4-12(18)5-7-13/h4-10H,1-3H3,(H,19,21,22). The van der Waals surface area contributed by atoms with Gasteiger partial charge in [-0.2, -0.15) is 0 Å². The highest BCUT2D eigenvalue weighted by molar-refractivity contribution is 7.15. The number of thiazole rings is 1. The summed E-state index contributed by atoms with van der Waals surface area (Å²) in [5.74, 6) is 0.603. The molecule has 0 bridgehead atoms. The first-order chi connectivity index (χ1) is 11.0. The molecule has 0 unspecified atom stereocenters. The minimum Gasteiger partial charge on any atom is -0.324 e. The van der Waals surface area contributed by atoms with Crippen LogP contribution in [0.3, 0.4) is 0 Å². The third-order valence-electron chi connectivity index (χ3n) is 3.30. The van der Waals surface area contributed by atoms with E-state index in [1.807, 2.05) is 13.0 Å². The number of rotatable bonds is 4. The van der Waals surface area contributed by atoms with Crippen LogP contribution in [0.25, 0.3) is 10.6 Å². The van der Waals surface area contributed by atoms with Crippen molar-refractivity contribution in [2.75, 3.05) is 5.32 Å². The predicted octanol–water partition coefficient (Wildman–Crippen LogP) is 4.91. The summed E-state index contributed by atoms with van der Waals surface area (Å²) < 4.78 is 13.0. The van der Waals surface area contributed by atoms with Gasteiger partial charge >= 0.3 is 0 Å². The second kappa shape index (κ2) is 6.42. The van der Waals surface area contributed by atoms with Crippen molar-refractivity contribution in [3.8, 4) is 10.6 Å². The van der Waals surface area contributed by atoms with Crippen molar-refractivity contribution < 1.29 is 4.39 Å². The molecule has 1 N–H and O–H groups in total. The van der Waals surface area contributed by atoms with Crippen LogP contribution >= 0.6 is 11.3 Å². The molecule has 1 aromatic carbocycles. The SMILES string of the molecule is Cc1nc(C(C)C)sc1-c1ccnc(Nc2ccc(F)cc2)n1. The highest BCUT2D eigenvalue weighted by Gasteiger charge is 2.13. The van der Waals surface area contributed by atoms with Gasteiger partial charge in [-0.1, -0.05) is 13.8 Å². The van der Waals surface area contributed by atoms with Gasteiger partial charge in [0.15, 0.2) is 0 Å². The Balaban J connectivity index is 1.89. The van der Waals surface area contributed by atoms with Crippen LogP contribution in [0.15, 0.2) is 36.5 Å². The second-order valence-electron chi connectivity index (χ2n) is 5.52. The molecule has 0 aliphatic rings. The summed E-state index contributed by atoms with van der Waals surface area (Å²) in [6.45, 7) is 6.25. The molecule has 118 valence electrons. The molecule has 0 aliphatic heterocycles. The molecular weight excluding hydrogens is 311 g/mol. The van der Waals surface area contributed by atoms with Crippen LogP contribution in [0.4, 0.5) is 16.0 Å². The molecular formula is C17H17FN4S. The van der Waals surface area contributed by atoms with Gasteiger partial charge in [-0.15, -0.1) is 11.3 Å². The van der Waals surface area contributed by atoms with Crippen molar-refractivity contribution in [3.63, 3.8) is 0 Å². The van der Waals surface area contributed by atoms with E-state index in [1.54, 1.807) is 29.7 Å². The molecule has 0 atom stereocenters. The Bertz CT molecular complexity index is 812. The molecule has 2 heterocycles. The third kappa shape index (κ3) is 3.53. The Labute approximate surface area is 138 Å². The van der Waals surface area contributed by atoms with Gasteiger partial charge in [0.05, 0.1) is 21.3 Å². The highest BCUT2D eigenvalue weighted by Crippen LogP contribution is 2.32. The smallest absolute Gasteiger partial charge is 0.227 e. The summed E-state index contributed by atoms with van der Waals surface area (Å²) in [4.78, 5) is 14.4. The zero-order valence-electron chi connectivity index (χ0n) is 13.2. The Hall–Kier alpha value is -2.34. The summed E-state index contributed by atoms with van der Waals surface area (Å²) in [6.07, 6.45) is 1.71. The summed E-state index contributed by atoms with van der Waals surface area (Å²) in [5, 5.41) is 4.19. The number of aromatic nitrogens is 3. The first-order valence-corrected chi connectivity index (χ1v) is 8.18. The van der Waals surface area contributed by atoms with Crippen LogP contribution < -0.4 is 5.32 Å². The maximum atomic E-state index is 13.0. The van der Waals surface area contributed by atoms with E-state index in [1.165, 1.54) is 12.1 Å². The van der Waals surface area contributed by atoms with Crippen LogP contribution in [0.2, 0.25) is 0 Å². The molecule has 0 fully saturated rings. The lowest BCUT2D eigenvalue weighted by molar-refractivity contribution is 0.628. The van der Waals surface area contributed by atoms with E-state index in [0.29, 0.717) is 11.9 Å². The fourth-order valence-corrected chi connectivity index (χ4v) is 3.15. The zero-order valence-corrected chi connectivity index (χ0v) is 14.0. The van der Waals surface area contributed by atoms with Crippen LogP contribution in [0.1, 0.15) is 30.5 Å². The van der Waals surface area contributed by atoms with E-state index in [-0.39, 0.29) is 5.82 Å². The molecule has 0 radical (unpaired) electrons. The Morgan fingerprint density at radius 2 is 1.83 bits per heavy atom. The maximum absolute atomic E-state index is 13.0. The summed E-state index contributed by atoms with van der Waals surface area (Å²) in [6, 6.07) is 7.98. The number of anilines is 2. The molecule has 23 heavy (non-hydrogen) atoms. The molecule has 0 aliphatic carbocycles. The largest absolute Gasteiger partial charge is 0.324 e. The molecule has 3 aromatic rings. The van der Waals surface area contributed by atoms with Crippen molar-refractivity contribution >= 4 is 23.0 Å². The van der Waals surface area contributed by atoms with Gasteiger partial charge in [0.2, 0.25) is 5.95 Å². The maximum Gasteiger partial charge on any atom is 0.227 e. The number of benzene rings is 1. The topological polar surface area (TPSA) is 50.7 Å². The summed E-state index contributed by atoms with van der Waals surface area (Å²) in [5.41, 5.74) is 2.56. The van der Waals surface area contributed by atoms with Gasteiger partial charge in [0.25, 0.3) is 0 Å². The average molecular weight is 328 g/mol. The van der Waals surface area contributed by atoms with E-state index in [9.17, 15) is 4.39 Å².